The van der Waals surface area contributed by atoms with Gasteiger partial charge in [0.15, 0.2) is 5.82 Å². The summed E-state index contributed by atoms with van der Waals surface area (Å²) in [5.41, 5.74) is 6.05. The maximum absolute atomic E-state index is 16.8. The van der Waals surface area contributed by atoms with Crippen molar-refractivity contribution in [3.8, 4) is 17.2 Å². The molecule has 3 saturated heterocycles. The number of piperazine rings is 1. The van der Waals surface area contributed by atoms with E-state index in [1.165, 1.54) is 12.1 Å². The van der Waals surface area contributed by atoms with Crippen LogP contribution in [0, 0.1) is 23.0 Å². The molecule has 5 heterocycles. The van der Waals surface area contributed by atoms with E-state index >= 15 is 4.39 Å². The Kier molecular flexibility index (Phi) is 7.72. The van der Waals surface area contributed by atoms with Gasteiger partial charge in [0.05, 0.1) is 15.3 Å². The number of alkyl halides is 1. The van der Waals surface area contributed by atoms with E-state index in [2.05, 4.69) is 20.6 Å². The molecule has 4 aromatic rings. The highest BCUT2D eigenvalue weighted by Gasteiger charge is 2.35. The van der Waals surface area contributed by atoms with Crippen molar-refractivity contribution in [1.29, 1.82) is 5.26 Å². The number of fused-ring (bicyclic) bond motifs is 4. The first kappa shape index (κ1) is 30.0. The number of aromatic nitrogens is 2. The number of hydrogen-bond acceptors (Lipinski definition) is 9. The molecule has 0 aliphatic carbocycles. The fourth-order valence-electron chi connectivity index (χ4n) is 6.92. The number of carbonyl (C=O) groups is 1. The van der Waals surface area contributed by atoms with E-state index in [1.807, 2.05) is 22.8 Å². The minimum Gasteiger partial charge on any atom is -0.389 e. The fourth-order valence-corrected chi connectivity index (χ4v) is 8.16. The summed E-state index contributed by atoms with van der Waals surface area (Å²) in [7, 11) is 0. The largest absolute Gasteiger partial charge is 0.389 e. The van der Waals surface area contributed by atoms with Crippen LogP contribution in [-0.4, -0.2) is 77.8 Å². The van der Waals surface area contributed by atoms with Gasteiger partial charge in [-0.1, -0.05) is 17.7 Å². The van der Waals surface area contributed by atoms with E-state index in [1.54, 1.807) is 6.07 Å². The lowest BCUT2D eigenvalue weighted by Crippen LogP contribution is -2.51. The molecule has 4 atom stereocenters. The molecular weight excluding hydrogens is 625 g/mol. The van der Waals surface area contributed by atoms with Crippen molar-refractivity contribution < 1.29 is 18.0 Å². The Labute approximate surface area is 266 Å². The molecule has 2 aromatic carbocycles. The first-order valence-corrected chi connectivity index (χ1v) is 16.1. The molecule has 3 fully saturated rings. The van der Waals surface area contributed by atoms with Gasteiger partial charge in [0, 0.05) is 67.2 Å². The number of anilines is 2. The number of nitrogens with one attached hydrogen (secondary N) is 2. The predicted octanol–water partition coefficient (Wildman–Crippen LogP) is 5.00. The molecule has 9 nitrogen and oxygen atoms in total. The molecule has 45 heavy (non-hydrogen) atoms. The molecule has 0 saturated carbocycles. The van der Waals surface area contributed by atoms with Crippen molar-refractivity contribution in [3.05, 3.63) is 46.2 Å². The molecule has 3 aliphatic heterocycles. The van der Waals surface area contributed by atoms with E-state index in [4.69, 9.17) is 17.3 Å². The molecular formula is C31H30ClF3N8OS. The Morgan fingerprint density at radius 1 is 1.24 bits per heavy atom. The van der Waals surface area contributed by atoms with Crippen LogP contribution in [0.1, 0.15) is 42.4 Å². The molecule has 234 valence electrons. The second-order valence-electron chi connectivity index (χ2n) is 12.1. The molecule has 1 amide bonds. The SMILES string of the molecule is C[C@H](CN1CC[C@@H](F)C1)NC(=O)c1nc(N2CC3CCC(C2)N3)c2cc(Cl)c(-c3ccc(F)c4sc(N)c(C#N)c34)c(F)c2n1. The maximum atomic E-state index is 16.8. The summed E-state index contributed by atoms with van der Waals surface area (Å²) < 4.78 is 45.5. The van der Waals surface area contributed by atoms with E-state index in [0.717, 1.165) is 24.2 Å². The summed E-state index contributed by atoms with van der Waals surface area (Å²) in [4.78, 5) is 26.6. The average molecular weight is 655 g/mol. The molecule has 3 aliphatic rings. The smallest absolute Gasteiger partial charge is 0.289 e. The Balaban J connectivity index is 1.36. The number of nitrogens with zero attached hydrogens (tertiary/aromatic N) is 5. The number of benzene rings is 2. The molecule has 0 radical (unpaired) electrons. The Morgan fingerprint density at radius 3 is 2.69 bits per heavy atom. The highest BCUT2D eigenvalue weighted by Crippen LogP contribution is 2.45. The van der Waals surface area contributed by atoms with Gasteiger partial charge >= 0.3 is 0 Å². The van der Waals surface area contributed by atoms with Crippen LogP contribution in [0.15, 0.2) is 18.2 Å². The molecule has 0 spiro atoms. The zero-order valence-electron chi connectivity index (χ0n) is 24.3. The molecule has 2 bridgehead atoms. The number of thiophene rings is 1. The van der Waals surface area contributed by atoms with Crippen molar-refractivity contribution in [2.45, 2.75) is 50.5 Å². The third kappa shape index (κ3) is 5.33. The van der Waals surface area contributed by atoms with Gasteiger partial charge in [-0.3, -0.25) is 9.69 Å². The summed E-state index contributed by atoms with van der Waals surface area (Å²) in [5, 5.41) is 16.9. The van der Waals surface area contributed by atoms with Gasteiger partial charge in [0.1, 0.15) is 34.4 Å². The third-order valence-electron chi connectivity index (χ3n) is 8.91. The van der Waals surface area contributed by atoms with Crippen molar-refractivity contribution in [1.82, 2.24) is 25.5 Å². The minimum absolute atomic E-state index is 0.0205. The maximum Gasteiger partial charge on any atom is 0.289 e. The number of nitrogen functional groups attached to an aromatic ring is 1. The number of carbonyl (C=O) groups excluding carboxylic acids is 1. The standard InChI is InChI=1S/C31H30ClF3N8OS/c1-14(10-42-7-6-15(33)11-42)38-31(44)29-40-26-19(30(41-29)43-12-16-2-3-17(13-43)39-16)8-21(32)24(25(26)35)18-4-5-22(34)27-23(18)20(9-36)28(37)45-27/h4-5,8,14-17,39H,2-3,6-7,10-13,37H2,1H3,(H,38,44)/t14-,15-,16?,17?/m1/s1. The summed E-state index contributed by atoms with van der Waals surface area (Å²) in [6.45, 7) is 4.41. The second kappa shape index (κ2) is 11.6. The van der Waals surface area contributed by atoms with E-state index in [-0.39, 0.29) is 66.3 Å². The van der Waals surface area contributed by atoms with Crippen LogP contribution < -0.4 is 21.3 Å². The van der Waals surface area contributed by atoms with Gasteiger partial charge in [0.25, 0.3) is 5.91 Å². The van der Waals surface area contributed by atoms with Crippen LogP contribution in [0.4, 0.5) is 24.0 Å². The topological polar surface area (TPSA) is 123 Å². The van der Waals surface area contributed by atoms with Crippen LogP contribution in [0.5, 0.6) is 0 Å². The van der Waals surface area contributed by atoms with Crippen molar-refractivity contribution in [3.63, 3.8) is 0 Å². The average Bonchev–Trinajstić information content (AvgIpc) is 3.68. The summed E-state index contributed by atoms with van der Waals surface area (Å²) in [6, 6.07) is 6.24. The fraction of sp³-hybridized carbons (Fsp3) is 0.419. The van der Waals surface area contributed by atoms with Gasteiger partial charge in [0.2, 0.25) is 5.82 Å². The monoisotopic (exact) mass is 654 g/mol. The zero-order valence-corrected chi connectivity index (χ0v) is 25.9. The van der Waals surface area contributed by atoms with E-state index in [0.29, 0.717) is 50.3 Å². The Hall–Kier alpha value is -3.70. The lowest BCUT2D eigenvalue weighted by molar-refractivity contribution is 0.0921. The van der Waals surface area contributed by atoms with Crippen molar-refractivity contribution in [2.75, 3.05) is 43.4 Å². The zero-order chi connectivity index (χ0) is 31.6. The van der Waals surface area contributed by atoms with Gasteiger partial charge in [-0.15, -0.1) is 11.3 Å². The first-order valence-electron chi connectivity index (χ1n) is 14.9. The van der Waals surface area contributed by atoms with Crippen LogP contribution in [0.2, 0.25) is 5.02 Å². The van der Waals surface area contributed by atoms with Gasteiger partial charge < -0.3 is 21.3 Å². The van der Waals surface area contributed by atoms with Crippen LogP contribution >= 0.6 is 22.9 Å². The first-order chi connectivity index (χ1) is 21.6. The Morgan fingerprint density at radius 2 is 2.00 bits per heavy atom. The number of halogens is 4. The van der Waals surface area contributed by atoms with Crippen LogP contribution in [0.25, 0.3) is 32.1 Å². The minimum atomic E-state index is -0.880. The number of amides is 1. The molecule has 14 heteroatoms. The van der Waals surface area contributed by atoms with Gasteiger partial charge in [-0.25, -0.2) is 23.1 Å². The number of likely N-dealkylation sites (tertiary alicyclic amines) is 1. The van der Waals surface area contributed by atoms with Crippen LogP contribution in [-0.2, 0) is 0 Å². The summed E-state index contributed by atoms with van der Waals surface area (Å²) in [5.74, 6) is -1.82. The quantitative estimate of drug-likeness (QED) is 0.266. The lowest BCUT2D eigenvalue weighted by atomic mass is 9.97. The lowest BCUT2D eigenvalue weighted by Gasteiger charge is -2.34. The van der Waals surface area contributed by atoms with Crippen LogP contribution in [0.3, 0.4) is 0 Å². The normalized spacial score (nSPS) is 22.3. The highest BCUT2D eigenvalue weighted by atomic mass is 35.5. The van der Waals surface area contributed by atoms with Crippen molar-refractivity contribution in [2.24, 2.45) is 0 Å². The van der Waals surface area contributed by atoms with Gasteiger partial charge in [-0.05, 0) is 43.9 Å². The Bertz CT molecular complexity index is 1880. The number of rotatable bonds is 6. The molecule has 4 N–H and O–H groups in total. The summed E-state index contributed by atoms with van der Waals surface area (Å²) in [6.07, 6.45) is 1.57. The molecule has 7 rings (SSSR count). The highest BCUT2D eigenvalue weighted by molar-refractivity contribution is 7.23. The summed E-state index contributed by atoms with van der Waals surface area (Å²) >= 11 is 7.69. The van der Waals surface area contributed by atoms with Gasteiger partial charge in [-0.2, -0.15) is 5.26 Å². The number of nitrogens with two attached hydrogens (primary N) is 1. The number of nitriles is 1. The van der Waals surface area contributed by atoms with Crippen molar-refractivity contribution >= 4 is 60.7 Å². The van der Waals surface area contributed by atoms with E-state index in [9.17, 15) is 18.8 Å². The number of hydrogen-bond donors (Lipinski definition) is 3. The third-order valence-corrected chi connectivity index (χ3v) is 10.2. The molecule has 2 unspecified atom stereocenters. The molecule has 2 aromatic heterocycles. The van der Waals surface area contributed by atoms with E-state index < -0.39 is 23.7 Å². The second-order valence-corrected chi connectivity index (χ2v) is 13.6. The predicted molar refractivity (Wildman–Crippen MR) is 169 cm³/mol.